The van der Waals surface area contributed by atoms with Crippen LogP contribution in [0.25, 0.3) is 0 Å². The summed E-state index contributed by atoms with van der Waals surface area (Å²) in [7, 11) is 0. The average molecular weight is 749 g/mol. The van der Waals surface area contributed by atoms with E-state index >= 15 is 0 Å². The molecule has 1 aliphatic carbocycles. The summed E-state index contributed by atoms with van der Waals surface area (Å²) in [6, 6.07) is -1.30. The lowest BCUT2D eigenvalue weighted by Gasteiger charge is -2.29. The molecule has 0 heterocycles. The lowest BCUT2D eigenvalue weighted by molar-refractivity contribution is -0.142. The number of carboxylic acid groups (broad SMARTS) is 1. The van der Waals surface area contributed by atoms with E-state index < -0.39 is 78.0 Å². The molecule has 0 radical (unpaired) electrons. The summed E-state index contributed by atoms with van der Waals surface area (Å²) in [6.45, 7) is 6.58. The van der Waals surface area contributed by atoms with E-state index in [0.29, 0.717) is 16.9 Å². The van der Waals surface area contributed by atoms with Gasteiger partial charge in [-0.1, -0.05) is 69.7 Å². The van der Waals surface area contributed by atoms with Gasteiger partial charge in [-0.25, -0.2) is 4.79 Å². The number of benzene rings is 1. The molecule has 5 atom stereocenters. The fourth-order valence-corrected chi connectivity index (χ4v) is 6.30. The van der Waals surface area contributed by atoms with Crippen molar-refractivity contribution in [3.63, 3.8) is 0 Å². The van der Waals surface area contributed by atoms with Gasteiger partial charge in [-0.3, -0.25) is 28.8 Å². The first kappa shape index (κ1) is 43.6. The second-order valence-electron chi connectivity index (χ2n) is 13.9. The highest BCUT2D eigenvalue weighted by atomic mass is 35.5. The molecule has 1 saturated carbocycles. The third kappa shape index (κ3) is 15.4. The first-order chi connectivity index (χ1) is 24.5. The molecule has 6 amide bonds. The van der Waals surface area contributed by atoms with Gasteiger partial charge in [0.1, 0.15) is 36.5 Å². The van der Waals surface area contributed by atoms with Crippen molar-refractivity contribution in [1.82, 2.24) is 26.6 Å². The first-order valence-corrected chi connectivity index (χ1v) is 18.1. The molecule has 1 aromatic carbocycles. The van der Waals surface area contributed by atoms with Crippen LogP contribution in [0.5, 0.6) is 0 Å². The molecule has 15 nitrogen and oxygen atoms in total. The van der Waals surface area contributed by atoms with Gasteiger partial charge in [0.25, 0.3) is 0 Å². The number of aldehydes is 1. The van der Waals surface area contributed by atoms with Gasteiger partial charge in [0.05, 0.1) is 0 Å². The summed E-state index contributed by atoms with van der Waals surface area (Å²) in [4.78, 5) is 101. The number of nitrogens with one attached hydrogen (secondary N) is 5. The smallest absolute Gasteiger partial charge is 0.326 e. The van der Waals surface area contributed by atoms with E-state index in [-0.39, 0.29) is 43.9 Å². The summed E-state index contributed by atoms with van der Waals surface area (Å²) < 4.78 is 0. The van der Waals surface area contributed by atoms with Gasteiger partial charge in [-0.05, 0) is 55.2 Å². The zero-order valence-corrected chi connectivity index (χ0v) is 31.1. The Morgan fingerprint density at radius 2 is 1.40 bits per heavy atom. The van der Waals surface area contributed by atoms with Crippen molar-refractivity contribution in [2.24, 2.45) is 17.6 Å². The Bertz CT molecular complexity index is 1450. The summed E-state index contributed by atoms with van der Waals surface area (Å²) in [5.41, 5.74) is 6.60. The summed E-state index contributed by atoms with van der Waals surface area (Å²) >= 11 is 6.09. The van der Waals surface area contributed by atoms with Crippen molar-refractivity contribution in [3.8, 4) is 0 Å². The van der Waals surface area contributed by atoms with E-state index in [2.05, 4.69) is 26.6 Å². The predicted molar refractivity (Wildman–Crippen MR) is 193 cm³/mol. The van der Waals surface area contributed by atoms with Crippen molar-refractivity contribution >= 4 is 59.3 Å². The number of rotatable bonds is 21. The molecule has 8 N–H and O–H groups in total. The lowest BCUT2D eigenvalue weighted by atomic mass is 9.84. The summed E-state index contributed by atoms with van der Waals surface area (Å²) in [5.74, 6) is -5.66. The van der Waals surface area contributed by atoms with E-state index in [1.165, 1.54) is 6.92 Å². The van der Waals surface area contributed by atoms with Crippen molar-refractivity contribution < 1.29 is 43.5 Å². The molecule has 16 heteroatoms. The molecule has 0 aromatic heterocycles. The van der Waals surface area contributed by atoms with Crippen molar-refractivity contribution in [3.05, 3.63) is 34.3 Å². The van der Waals surface area contributed by atoms with Crippen molar-refractivity contribution in [1.29, 1.82) is 0 Å². The monoisotopic (exact) mass is 748 g/mol. The van der Waals surface area contributed by atoms with Crippen LogP contribution in [0.3, 0.4) is 0 Å². The number of carboxylic acids is 1. The van der Waals surface area contributed by atoms with Crippen molar-refractivity contribution in [2.75, 3.05) is 0 Å². The van der Waals surface area contributed by atoms with Crippen molar-refractivity contribution in [2.45, 2.75) is 129 Å². The highest BCUT2D eigenvalue weighted by Gasteiger charge is 2.34. The Kier molecular flexibility index (Phi) is 18.2. The molecule has 1 aliphatic rings. The van der Waals surface area contributed by atoms with Crippen LogP contribution < -0.4 is 32.3 Å². The van der Waals surface area contributed by atoms with Gasteiger partial charge in [-0.15, -0.1) is 0 Å². The van der Waals surface area contributed by atoms with Gasteiger partial charge in [0.2, 0.25) is 35.4 Å². The molecule has 0 unspecified atom stereocenters. The Morgan fingerprint density at radius 3 is 1.96 bits per heavy atom. The van der Waals surface area contributed by atoms with E-state index in [0.717, 1.165) is 37.7 Å². The Balaban J connectivity index is 2.26. The number of hydrogen-bond acceptors (Lipinski definition) is 8. The molecule has 1 fully saturated rings. The van der Waals surface area contributed by atoms with Crippen LogP contribution in [-0.2, 0) is 44.8 Å². The summed E-state index contributed by atoms with van der Waals surface area (Å²) in [6.07, 6.45) is 4.51. The second kappa shape index (κ2) is 21.7. The number of amides is 6. The van der Waals surface area contributed by atoms with Gasteiger partial charge >= 0.3 is 5.97 Å². The quantitative estimate of drug-likeness (QED) is 0.0902. The largest absolute Gasteiger partial charge is 0.480 e. The molecular weight excluding hydrogens is 696 g/mol. The van der Waals surface area contributed by atoms with Crippen LogP contribution in [0, 0.1) is 18.8 Å². The fraction of sp³-hybridized carbons (Fsp3) is 0.611. The minimum absolute atomic E-state index is 0.0509. The normalized spacial score (nSPS) is 16.0. The average Bonchev–Trinajstić information content (AvgIpc) is 3.06. The zero-order chi connectivity index (χ0) is 39.0. The van der Waals surface area contributed by atoms with Crippen LogP contribution in [0.4, 0.5) is 0 Å². The third-order valence-electron chi connectivity index (χ3n) is 8.88. The highest BCUT2D eigenvalue weighted by molar-refractivity contribution is 6.31. The zero-order valence-electron chi connectivity index (χ0n) is 30.3. The van der Waals surface area contributed by atoms with Gasteiger partial charge in [-0.2, -0.15) is 0 Å². The Morgan fingerprint density at radius 1 is 0.846 bits per heavy atom. The molecule has 288 valence electrons. The number of aliphatic carboxylic acids is 1. The van der Waals surface area contributed by atoms with E-state index in [1.54, 1.807) is 39.0 Å². The maximum Gasteiger partial charge on any atom is 0.326 e. The van der Waals surface area contributed by atoms with Gasteiger partial charge < -0.3 is 42.2 Å². The molecule has 0 saturated heterocycles. The molecule has 2 rings (SSSR count). The molecule has 0 spiro atoms. The van der Waals surface area contributed by atoms with E-state index in [1.807, 2.05) is 0 Å². The van der Waals surface area contributed by atoms with Crippen LogP contribution >= 0.6 is 11.6 Å². The number of aryl methyl sites for hydroxylation is 1. The number of halogens is 1. The number of hydrogen-bond donors (Lipinski definition) is 7. The lowest BCUT2D eigenvalue weighted by Crippen LogP contribution is -2.59. The topological polar surface area (TPSA) is 243 Å². The minimum Gasteiger partial charge on any atom is -0.480 e. The predicted octanol–water partition coefficient (Wildman–Crippen LogP) is 1.59. The second-order valence-corrected chi connectivity index (χ2v) is 14.3. The third-order valence-corrected chi connectivity index (χ3v) is 9.31. The SMILES string of the molecule is CC(=O)N[C@@H](CCC(N)=O)C(=O)N[C@@H](CC1CCCCC1)C(=O)N[C@@H](CC=O)C(=O)N[C@@H](CC(C)C)C(=O)N[C@@H](Cc1ccc(Cl)c(C)c1)C(=O)O. The Labute approximate surface area is 309 Å². The van der Waals surface area contributed by atoms with E-state index in [9.17, 15) is 43.5 Å². The molecule has 0 bridgehead atoms. The molecule has 0 aliphatic heterocycles. The molecule has 1 aromatic rings. The van der Waals surface area contributed by atoms with Crippen LogP contribution in [0.1, 0.15) is 96.1 Å². The number of carbonyl (C=O) groups excluding carboxylic acids is 7. The molecule has 52 heavy (non-hydrogen) atoms. The van der Waals surface area contributed by atoms with E-state index in [4.69, 9.17) is 17.3 Å². The van der Waals surface area contributed by atoms with Gasteiger partial charge in [0, 0.05) is 31.2 Å². The number of primary amides is 1. The summed E-state index contributed by atoms with van der Waals surface area (Å²) in [5, 5.41) is 23.1. The standard InChI is InChI=1S/C36H53ClN6O9/c1-20(2)16-28(34(49)43-30(36(51)52)19-24-10-11-25(37)21(3)17-24)41-33(48)27(14-15-44)40-35(50)29(18-23-8-6-5-7-9-23)42-32(47)26(39-22(4)45)12-13-31(38)46/h10-11,15,17,20,23,26-30H,5-9,12-14,16,18-19H2,1-4H3,(H2,38,46)(H,39,45)(H,40,50)(H,41,48)(H,42,47)(H,43,49)(H,51,52)/t26-,27-,28-,29-,30-/m0/s1. The van der Waals surface area contributed by atoms with Crippen LogP contribution in [-0.4, -0.2) is 83.0 Å². The molecular formula is C36H53ClN6O9. The first-order valence-electron chi connectivity index (χ1n) is 17.7. The maximum absolute atomic E-state index is 13.8. The number of carbonyl (C=O) groups is 8. The van der Waals surface area contributed by atoms with Crippen LogP contribution in [0.2, 0.25) is 5.02 Å². The van der Waals surface area contributed by atoms with Gasteiger partial charge in [0.15, 0.2) is 0 Å². The highest BCUT2D eigenvalue weighted by Crippen LogP contribution is 2.27. The number of nitrogens with two attached hydrogens (primary N) is 1. The maximum atomic E-state index is 13.8. The fourth-order valence-electron chi connectivity index (χ4n) is 6.18. The minimum atomic E-state index is -1.44. The van der Waals surface area contributed by atoms with Crippen LogP contribution in [0.15, 0.2) is 18.2 Å². The Hall–Kier alpha value is -4.53.